The molecule has 2 aliphatic rings. The average Bonchev–Trinajstić information content (AvgIpc) is 2.70. The summed E-state index contributed by atoms with van der Waals surface area (Å²) in [7, 11) is 0. The maximum atomic E-state index is 14.2. The van der Waals surface area contributed by atoms with Gasteiger partial charge < -0.3 is 5.11 Å². The number of hydrogen-bond acceptors (Lipinski definition) is 1. The lowest BCUT2D eigenvalue weighted by Crippen LogP contribution is -2.17. The van der Waals surface area contributed by atoms with Gasteiger partial charge in [-0.3, -0.25) is 0 Å². The lowest BCUT2D eigenvalue weighted by molar-refractivity contribution is 0.246. The smallest absolute Gasteiger partial charge is 0.126 e. The van der Waals surface area contributed by atoms with Gasteiger partial charge in [0.05, 0.1) is 0 Å². The van der Waals surface area contributed by atoms with Crippen LogP contribution in [0.4, 0.5) is 4.39 Å². The Morgan fingerprint density at radius 3 is 2.15 bits per heavy atom. The molecule has 1 N–H and O–H groups in total. The van der Waals surface area contributed by atoms with Gasteiger partial charge in [0.1, 0.15) is 5.82 Å². The predicted octanol–water partition coefficient (Wildman–Crippen LogP) is 6.80. The zero-order valence-electron chi connectivity index (χ0n) is 17.0. The Labute approximate surface area is 165 Å². The van der Waals surface area contributed by atoms with Gasteiger partial charge in [0.15, 0.2) is 0 Å². The minimum absolute atomic E-state index is 0.0122. The minimum Gasteiger partial charge on any atom is -0.396 e. The van der Waals surface area contributed by atoms with Crippen molar-refractivity contribution in [2.24, 2.45) is 17.8 Å². The summed E-state index contributed by atoms with van der Waals surface area (Å²) in [4.78, 5) is 0. The van der Waals surface area contributed by atoms with Crippen LogP contribution >= 0.6 is 0 Å². The van der Waals surface area contributed by atoms with Crippen molar-refractivity contribution in [3.63, 3.8) is 0 Å². The molecule has 0 amide bonds. The van der Waals surface area contributed by atoms with Crippen LogP contribution in [0.1, 0.15) is 88.2 Å². The predicted molar refractivity (Wildman–Crippen MR) is 111 cm³/mol. The molecule has 0 aliphatic heterocycles. The SMILES string of the molecule is C/C=C/C1CCC(CCC2CCC(c3ccc(CCO)c(F)c3)CC2)CC1. The third kappa shape index (κ3) is 5.91. The van der Waals surface area contributed by atoms with E-state index >= 15 is 0 Å². The molecule has 0 atom stereocenters. The minimum atomic E-state index is -0.141. The molecule has 2 fully saturated rings. The van der Waals surface area contributed by atoms with Crippen LogP contribution in [0.15, 0.2) is 30.4 Å². The molecule has 0 heterocycles. The van der Waals surface area contributed by atoms with Crippen LogP contribution in [0.2, 0.25) is 0 Å². The lowest BCUT2D eigenvalue weighted by atomic mass is 9.74. The molecular formula is C25H37FO. The third-order valence-corrected chi connectivity index (χ3v) is 7.12. The van der Waals surface area contributed by atoms with Crippen molar-refractivity contribution in [1.29, 1.82) is 0 Å². The first-order valence-corrected chi connectivity index (χ1v) is 11.2. The topological polar surface area (TPSA) is 20.2 Å². The van der Waals surface area contributed by atoms with Crippen molar-refractivity contribution in [3.8, 4) is 0 Å². The van der Waals surface area contributed by atoms with Crippen molar-refractivity contribution in [3.05, 3.63) is 47.3 Å². The number of halogens is 1. The van der Waals surface area contributed by atoms with Gasteiger partial charge in [-0.15, -0.1) is 0 Å². The second-order valence-electron chi connectivity index (χ2n) is 8.93. The number of benzene rings is 1. The van der Waals surface area contributed by atoms with Crippen molar-refractivity contribution in [1.82, 2.24) is 0 Å². The van der Waals surface area contributed by atoms with Crippen molar-refractivity contribution >= 4 is 0 Å². The molecule has 0 aromatic heterocycles. The number of allylic oxidation sites excluding steroid dienone is 2. The van der Waals surface area contributed by atoms with Crippen LogP contribution in [0, 0.1) is 23.6 Å². The summed E-state index contributed by atoms with van der Waals surface area (Å²) >= 11 is 0. The molecule has 0 bridgehead atoms. The van der Waals surface area contributed by atoms with E-state index in [0.29, 0.717) is 17.9 Å². The second kappa shape index (κ2) is 10.4. The van der Waals surface area contributed by atoms with E-state index in [1.54, 1.807) is 6.07 Å². The van der Waals surface area contributed by atoms with Crippen LogP contribution in [0.5, 0.6) is 0 Å². The highest BCUT2D eigenvalue weighted by atomic mass is 19.1. The molecule has 0 radical (unpaired) electrons. The highest BCUT2D eigenvalue weighted by Crippen LogP contribution is 2.40. The molecule has 0 spiro atoms. The Kier molecular flexibility index (Phi) is 7.93. The van der Waals surface area contributed by atoms with E-state index in [4.69, 9.17) is 5.11 Å². The average molecular weight is 373 g/mol. The summed E-state index contributed by atoms with van der Waals surface area (Å²) in [5, 5.41) is 9.00. The number of hydrogen-bond donors (Lipinski definition) is 1. The highest BCUT2D eigenvalue weighted by molar-refractivity contribution is 5.27. The van der Waals surface area contributed by atoms with E-state index in [-0.39, 0.29) is 12.4 Å². The van der Waals surface area contributed by atoms with Gasteiger partial charge in [0.2, 0.25) is 0 Å². The number of aliphatic hydroxyl groups excluding tert-OH is 1. The van der Waals surface area contributed by atoms with Gasteiger partial charge in [0.25, 0.3) is 0 Å². The standard InChI is InChI=1S/C25H37FO/c1-2-3-19-4-6-20(7-5-19)8-9-21-10-12-22(13-11-21)24-15-14-23(16-17-27)25(26)18-24/h2-3,14-15,18-22,27H,4-13,16-17H2,1H3/b3-2+. The van der Waals surface area contributed by atoms with Crippen LogP contribution in [0.25, 0.3) is 0 Å². The first kappa shape index (κ1) is 20.6. The second-order valence-corrected chi connectivity index (χ2v) is 8.93. The first-order valence-electron chi connectivity index (χ1n) is 11.2. The Morgan fingerprint density at radius 1 is 0.963 bits per heavy atom. The molecule has 2 saturated carbocycles. The first-order chi connectivity index (χ1) is 13.2. The maximum Gasteiger partial charge on any atom is 0.126 e. The van der Waals surface area contributed by atoms with E-state index in [2.05, 4.69) is 25.1 Å². The molecule has 1 aromatic carbocycles. The van der Waals surface area contributed by atoms with Gasteiger partial charge in [-0.1, -0.05) is 37.1 Å². The summed E-state index contributed by atoms with van der Waals surface area (Å²) in [5.41, 5.74) is 1.80. The van der Waals surface area contributed by atoms with Gasteiger partial charge in [0, 0.05) is 6.61 Å². The van der Waals surface area contributed by atoms with E-state index in [1.807, 2.05) is 6.07 Å². The van der Waals surface area contributed by atoms with Crippen molar-refractivity contribution in [2.45, 2.75) is 83.5 Å². The number of aliphatic hydroxyl groups is 1. The Bertz CT molecular complexity index is 592. The maximum absolute atomic E-state index is 14.2. The summed E-state index contributed by atoms with van der Waals surface area (Å²) in [6.45, 7) is 2.15. The van der Waals surface area contributed by atoms with Gasteiger partial charge in [-0.2, -0.15) is 0 Å². The van der Waals surface area contributed by atoms with Crippen LogP contribution in [-0.2, 0) is 6.42 Å². The van der Waals surface area contributed by atoms with Crippen LogP contribution in [-0.4, -0.2) is 11.7 Å². The monoisotopic (exact) mass is 372 g/mol. The Balaban J connectivity index is 1.40. The fraction of sp³-hybridized carbons (Fsp3) is 0.680. The van der Waals surface area contributed by atoms with E-state index < -0.39 is 0 Å². The molecule has 1 aromatic rings. The van der Waals surface area contributed by atoms with Gasteiger partial charge in [-0.25, -0.2) is 4.39 Å². The summed E-state index contributed by atoms with van der Waals surface area (Å²) in [6.07, 6.45) is 18.5. The van der Waals surface area contributed by atoms with Gasteiger partial charge >= 0.3 is 0 Å². The van der Waals surface area contributed by atoms with E-state index in [1.165, 1.54) is 64.2 Å². The zero-order valence-corrected chi connectivity index (χ0v) is 17.0. The Hall–Kier alpha value is -1.15. The van der Waals surface area contributed by atoms with E-state index in [9.17, 15) is 4.39 Å². The van der Waals surface area contributed by atoms with Gasteiger partial charge in [-0.05, 0) is 106 Å². The van der Waals surface area contributed by atoms with E-state index in [0.717, 1.165) is 23.3 Å². The lowest BCUT2D eigenvalue weighted by Gasteiger charge is -2.31. The molecule has 2 aliphatic carbocycles. The molecule has 27 heavy (non-hydrogen) atoms. The fourth-order valence-electron chi connectivity index (χ4n) is 5.34. The zero-order chi connectivity index (χ0) is 19.1. The molecule has 0 unspecified atom stereocenters. The molecule has 2 heteroatoms. The van der Waals surface area contributed by atoms with Crippen molar-refractivity contribution < 1.29 is 9.50 Å². The van der Waals surface area contributed by atoms with Crippen LogP contribution < -0.4 is 0 Å². The quantitative estimate of drug-likeness (QED) is 0.522. The fourth-order valence-corrected chi connectivity index (χ4v) is 5.34. The third-order valence-electron chi connectivity index (χ3n) is 7.12. The molecule has 150 valence electrons. The summed E-state index contributed by atoms with van der Waals surface area (Å²) < 4.78 is 14.2. The molecular weight excluding hydrogens is 335 g/mol. The highest BCUT2D eigenvalue weighted by Gasteiger charge is 2.25. The largest absolute Gasteiger partial charge is 0.396 e. The van der Waals surface area contributed by atoms with Crippen LogP contribution in [0.3, 0.4) is 0 Å². The molecule has 1 nitrogen and oxygen atoms in total. The van der Waals surface area contributed by atoms with Crippen molar-refractivity contribution in [2.75, 3.05) is 6.61 Å². The molecule has 3 rings (SSSR count). The Morgan fingerprint density at radius 2 is 1.59 bits per heavy atom. The molecule has 0 saturated heterocycles. The summed E-state index contributed by atoms with van der Waals surface area (Å²) in [6, 6.07) is 5.68. The summed E-state index contributed by atoms with van der Waals surface area (Å²) in [5.74, 6) is 3.06. The normalized spacial score (nSPS) is 29.3. The number of rotatable bonds is 7.